The van der Waals surface area contributed by atoms with Gasteiger partial charge in [-0.15, -0.1) is 0 Å². The van der Waals surface area contributed by atoms with Gasteiger partial charge in [-0.1, -0.05) is 87.9 Å². The molecule has 0 atom stereocenters. The molecule has 0 spiro atoms. The van der Waals surface area contributed by atoms with Crippen molar-refractivity contribution < 1.29 is 13.2 Å². The molecule has 0 unspecified atom stereocenters. The van der Waals surface area contributed by atoms with Crippen molar-refractivity contribution in [1.29, 1.82) is 0 Å². The van der Waals surface area contributed by atoms with Gasteiger partial charge in [0.25, 0.3) is 0 Å². The van der Waals surface area contributed by atoms with E-state index in [-0.39, 0.29) is 10.8 Å². The van der Waals surface area contributed by atoms with Crippen LogP contribution in [0.3, 0.4) is 0 Å². The first-order valence-corrected chi connectivity index (χ1v) is 17.1. The van der Waals surface area contributed by atoms with Crippen molar-refractivity contribution >= 4 is 28.4 Å². The Bertz CT molecular complexity index is 2280. The van der Waals surface area contributed by atoms with Crippen molar-refractivity contribution in [2.75, 3.05) is 16.8 Å². The number of fused-ring (bicyclic) bond motifs is 6. The molecule has 250 valence electrons. The standard InChI is InChI=1S/C45H39F3N2/c1-28-12-22-39-37(24-28)38-25-33(19-23-40(38)43(39,2)3)50(31-10-8-7-9-11-31)34-18-21-36-35-20-17-32(26-41(35)44(4,5)42(36)27-34)49(6)30-15-13-29(14-16-30)45(46,47)48/h7-27H,1-6H3. The van der Waals surface area contributed by atoms with Crippen molar-refractivity contribution in [2.45, 2.75) is 51.6 Å². The van der Waals surface area contributed by atoms with Crippen molar-refractivity contribution in [3.63, 3.8) is 0 Å². The van der Waals surface area contributed by atoms with Gasteiger partial charge >= 0.3 is 6.18 Å². The maximum Gasteiger partial charge on any atom is 0.416 e. The fourth-order valence-corrected chi connectivity index (χ4v) is 8.12. The summed E-state index contributed by atoms with van der Waals surface area (Å²) in [6, 6.07) is 42.8. The van der Waals surface area contributed by atoms with Crippen molar-refractivity contribution in [1.82, 2.24) is 0 Å². The summed E-state index contributed by atoms with van der Waals surface area (Å²) < 4.78 is 39.6. The van der Waals surface area contributed by atoms with Gasteiger partial charge < -0.3 is 9.80 Å². The van der Waals surface area contributed by atoms with Crippen LogP contribution in [0, 0.1) is 6.92 Å². The van der Waals surface area contributed by atoms with Gasteiger partial charge in [-0.05, 0) is 124 Å². The quantitative estimate of drug-likeness (QED) is 0.181. The fraction of sp³-hybridized carbons (Fsp3) is 0.200. The van der Waals surface area contributed by atoms with E-state index in [1.165, 1.54) is 62.2 Å². The molecule has 0 N–H and O–H groups in total. The average molecular weight is 665 g/mol. The normalized spacial score (nSPS) is 14.8. The number of aryl methyl sites for hydroxylation is 1. The molecule has 6 aromatic carbocycles. The lowest BCUT2D eigenvalue weighted by molar-refractivity contribution is -0.137. The van der Waals surface area contributed by atoms with E-state index >= 15 is 0 Å². The lowest BCUT2D eigenvalue weighted by Crippen LogP contribution is -2.18. The van der Waals surface area contributed by atoms with Gasteiger partial charge in [0, 0.05) is 46.3 Å². The maximum absolute atomic E-state index is 13.2. The summed E-state index contributed by atoms with van der Waals surface area (Å²) in [4.78, 5) is 4.29. The van der Waals surface area contributed by atoms with Crippen LogP contribution >= 0.6 is 0 Å². The molecule has 0 amide bonds. The van der Waals surface area contributed by atoms with E-state index < -0.39 is 11.7 Å². The van der Waals surface area contributed by atoms with E-state index in [0.717, 1.165) is 34.9 Å². The highest BCUT2D eigenvalue weighted by Crippen LogP contribution is 2.53. The Kier molecular flexibility index (Phi) is 7.10. The lowest BCUT2D eigenvalue weighted by atomic mass is 9.82. The molecule has 2 aliphatic carbocycles. The monoisotopic (exact) mass is 664 g/mol. The Hall–Kier alpha value is -5.29. The fourth-order valence-electron chi connectivity index (χ4n) is 8.12. The van der Waals surface area contributed by atoms with Gasteiger partial charge in [0.05, 0.1) is 5.56 Å². The Morgan fingerprint density at radius 3 is 1.60 bits per heavy atom. The zero-order valence-corrected chi connectivity index (χ0v) is 29.2. The highest BCUT2D eigenvalue weighted by atomic mass is 19.4. The van der Waals surface area contributed by atoms with Gasteiger partial charge in [0.15, 0.2) is 0 Å². The minimum Gasteiger partial charge on any atom is -0.345 e. The molecule has 0 heterocycles. The Labute approximate surface area is 292 Å². The third-order valence-electron chi connectivity index (χ3n) is 11.0. The molecule has 0 saturated carbocycles. The summed E-state index contributed by atoms with van der Waals surface area (Å²) in [7, 11) is 1.90. The molecular formula is C45H39F3N2. The first-order chi connectivity index (χ1) is 23.7. The average Bonchev–Trinajstić information content (AvgIpc) is 3.46. The molecule has 2 aliphatic rings. The molecule has 8 rings (SSSR count). The lowest BCUT2D eigenvalue weighted by Gasteiger charge is -2.29. The van der Waals surface area contributed by atoms with Crippen LogP contribution in [-0.2, 0) is 17.0 Å². The first-order valence-electron chi connectivity index (χ1n) is 17.1. The zero-order valence-electron chi connectivity index (χ0n) is 29.2. The number of para-hydroxylation sites is 1. The number of hydrogen-bond donors (Lipinski definition) is 0. The second kappa shape index (κ2) is 11.1. The highest BCUT2D eigenvalue weighted by molar-refractivity contribution is 5.89. The number of anilines is 5. The molecule has 0 aromatic heterocycles. The summed E-state index contributed by atoms with van der Waals surface area (Å²) in [5.41, 5.74) is 15.2. The predicted molar refractivity (Wildman–Crippen MR) is 200 cm³/mol. The van der Waals surface area contributed by atoms with Crippen LogP contribution < -0.4 is 9.80 Å². The van der Waals surface area contributed by atoms with Crippen LogP contribution in [0.1, 0.15) is 61.1 Å². The Balaban J connectivity index is 1.19. The van der Waals surface area contributed by atoms with E-state index in [2.05, 4.69) is 137 Å². The second-order valence-corrected chi connectivity index (χ2v) is 14.8. The molecular weight excluding hydrogens is 626 g/mol. The highest BCUT2D eigenvalue weighted by Gasteiger charge is 2.38. The summed E-state index contributed by atoms with van der Waals surface area (Å²) in [5.74, 6) is 0. The van der Waals surface area contributed by atoms with E-state index in [0.29, 0.717) is 5.69 Å². The number of halogens is 3. The van der Waals surface area contributed by atoms with Gasteiger partial charge in [0.2, 0.25) is 0 Å². The maximum atomic E-state index is 13.2. The number of alkyl halides is 3. The zero-order chi connectivity index (χ0) is 35.2. The minimum absolute atomic E-state index is 0.0721. The Morgan fingerprint density at radius 2 is 0.960 bits per heavy atom. The molecule has 50 heavy (non-hydrogen) atoms. The summed E-state index contributed by atoms with van der Waals surface area (Å²) in [6.07, 6.45) is -4.36. The molecule has 5 heteroatoms. The number of benzene rings is 6. The molecule has 2 nitrogen and oxygen atoms in total. The minimum atomic E-state index is -4.36. The summed E-state index contributed by atoms with van der Waals surface area (Å²) >= 11 is 0. The largest absolute Gasteiger partial charge is 0.416 e. The molecule has 0 fully saturated rings. The van der Waals surface area contributed by atoms with Crippen molar-refractivity contribution in [3.05, 3.63) is 161 Å². The number of rotatable bonds is 5. The van der Waals surface area contributed by atoms with Gasteiger partial charge in [-0.2, -0.15) is 13.2 Å². The summed E-state index contributed by atoms with van der Waals surface area (Å²) in [6.45, 7) is 11.3. The van der Waals surface area contributed by atoms with Gasteiger partial charge in [0.1, 0.15) is 0 Å². The Morgan fingerprint density at radius 1 is 0.460 bits per heavy atom. The molecule has 0 bridgehead atoms. The SMILES string of the molecule is Cc1ccc2c(c1)-c1cc(N(c3ccccc3)c3ccc4c(c3)C(C)(C)c3cc(N(C)c5ccc(C(F)(F)F)cc5)ccc3-4)ccc1C2(C)C. The van der Waals surface area contributed by atoms with Crippen LogP contribution in [0.4, 0.5) is 41.6 Å². The molecule has 0 radical (unpaired) electrons. The summed E-state index contributed by atoms with van der Waals surface area (Å²) in [5, 5.41) is 0. The van der Waals surface area contributed by atoms with Crippen LogP contribution in [-0.4, -0.2) is 7.05 Å². The third kappa shape index (κ3) is 4.93. The smallest absolute Gasteiger partial charge is 0.345 e. The topological polar surface area (TPSA) is 6.48 Å². The molecule has 0 aliphatic heterocycles. The van der Waals surface area contributed by atoms with E-state index in [4.69, 9.17) is 0 Å². The van der Waals surface area contributed by atoms with Gasteiger partial charge in [-0.3, -0.25) is 0 Å². The van der Waals surface area contributed by atoms with Crippen LogP contribution in [0.25, 0.3) is 22.3 Å². The molecule has 0 saturated heterocycles. The van der Waals surface area contributed by atoms with E-state index in [1.54, 1.807) is 0 Å². The van der Waals surface area contributed by atoms with Crippen molar-refractivity contribution in [3.8, 4) is 22.3 Å². The number of hydrogen-bond acceptors (Lipinski definition) is 2. The van der Waals surface area contributed by atoms with Crippen LogP contribution in [0.15, 0.2) is 127 Å². The van der Waals surface area contributed by atoms with Crippen molar-refractivity contribution in [2.24, 2.45) is 0 Å². The van der Waals surface area contributed by atoms with E-state index in [1.807, 2.05) is 18.0 Å². The third-order valence-corrected chi connectivity index (χ3v) is 11.0. The van der Waals surface area contributed by atoms with Crippen LogP contribution in [0.5, 0.6) is 0 Å². The predicted octanol–water partition coefficient (Wildman–Crippen LogP) is 12.9. The van der Waals surface area contributed by atoms with E-state index in [9.17, 15) is 13.2 Å². The first kappa shape index (κ1) is 31.9. The van der Waals surface area contributed by atoms with Crippen LogP contribution in [0.2, 0.25) is 0 Å². The second-order valence-electron chi connectivity index (χ2n) is 14.8. The molecule has 6 aromatic rings. The number of nitrogens with zero attached hydrogens (tertiary/aromatic N) is 2. The van der Waals surface area contributed by atoms with Gasteiger partial charge in [-0.25, -0.2) is 0 Å².